The van der Waals surface area contributed by atoms with Crippen LogP contribution in [0.4, 0.5) is 0 Å². The van der Waals surface area contributed by atoms with Crippen molar-refractivity contribution in [3.63, 3.8) is 0 Å². The molecule has 0 heterocycles. The third-order valence-corrected chi connectivity index (χ3v) is 1.60. The number of hydrogen-bond acceptors (Lipinski definition) is 4. The van der Waals surface area contributed by atoms with E-state index in [1.165, 1.54) is 14.2 Å². The summed E-state index contributed by atoms with van der Waals surface area (Å²) < 4.78 is 4.42. The van der Waals surface area contributed by atoms with Crippen LogP contribution < -0.4 is 0 Å². The molecule has 5 nitrogen and oxygen atoms in total. The van der Waals surface area contributed by atoms with Gasteiger partial charge in [0, 0.05) is 6.42 Å². The number of methoxy groups -OCH3 is 1. The molecule has 0 fully saturated rings. The first-order chi connectivity index (χ1) is 6.67. The molecule has 0 aromatic rings. The van der Waals surface area contributed by atoms with Gasteiger partial charge >= 0.3 is 11.7 Å². The van der Waals surface area contributed by atoms with Gasteiger partial charge in [-0.05, 0) is 6.42 Å². The number of rotatable bonds is 5. The van der Waals surface area contributed by atoms with Gasteiger partial charge < -0.3 is 4.74 Å². The van der Waals surface area contributed by atoms with Crippen molar-refractivity contribution in [2.45, 2.75) is 26.2 Å². The van der Waals surface area contributed by atoms with Gasteiger partial charge in [0.1, 0.15) is 7.05 Å². The molecule has 0 unspecified atom stereocenters. The Bertz CT molecular complexity index is 278. The maximum atomic E-state index is 11.4. The van der Waals surface area contributed by atoms with Crippen LogP contribution in [0.3, 0.4) is 0 Å². The van der Waals surface area contributed by atoms with Crippen LogP contribution in [0.25, 0.3) is 0 Å². The minimum Gasteiger partial charge on any atom is -0.460 e. The highest BCUT2D eigenvalue weighted by molar-refractivity contribution is 6.62. The summed E-state index contributed by atoms with van der Waals surface area (Å²) in [5.41, 5.74) is -0.219. The van der Waals surface area contributed by atoms with Gasteiger partial charge in [0.25, 0.3) is 5.78 Å². The number of carbonyl (C=O) groups excluding carboxylic acids is 2. The zero-order valence-electron chi connectivity index (χ0n) is 8.74. The summed E-state index contributed by atoms with van der Waals surface area (Å²) in [5.74, 6) is -1.04. The van der Waals surface area contributed by atoms with Crippen LogP contribution >= 0.6 is 0 Å². The smallest absolute Gasteiger partial charge is 0.460 e. The maximum absolute atomic E-state index is 11.4. The maximum Gasteiger partial charge on any atom is 0.490 e. The topological polar surface area (TPSA) is 69.8 Å². The highest BCUT2D eigenvalue weighted by Gasteiger charge is 2.32. The molecule has 0 amide bonds. The Hall–Kier alpha value is -1.48. The van der Waals surface area contributed by atoms with E-state index >= 15 is 0 Å². The Morgan fingerprint density at radius 3 is 2.50 bits per heavy atom. The Labute approximate surface area is 82.9 Å². The van der Waals surface area contributed by atoms with Gasteiger partial charge in [0.15, 0.2) is 0 Å². The Morgan fingerprint density at radius 1 is 1.43 bits per heavy atom. The van der Waals surface area contributed by atoms with Crippen LogP contribution in [0.1, 0.15) is 26.2 Å². The lowest BCUT2D eigenvalue weighted by molar-refractivity contribution is -0.146. The molecule has 14 heavy (non-hydrogen) atoms. The second kappa shape index (κ2) is 6.97. The highest BCUT2D eigenvalue weighted by Crippen LogP contribution is 1.97. The van der Waals surface area contributed by atoms with Crippen molar-refractivity contribution >= 4 is 17.5 Å². The zero-order chi connectivity index (χ0) is 11.0. The van der Waals surface area contributed by atoms with Gasteiger partial charge in [-0.25, -0.2) is 4.79 Å². The Balaban J connectivity index is 4.60. The predicted octanol–water partition coefficient (Wildman–Crippen LogP) is 0.650. The lowest BCUT2D eigenvalue weighted by Gasteiger charge is -1.92. The van der Waals surface area contributed by atoms with Gasteiger partial charge in [-0.3, -0.25) is 4.79 Å². The Morgan fingerprint density at radius 2 is 2.07 bits per heavy atom. The fraction of sp³-hybridized carbons (Fsp3) is 0.667. The molecule has 0 rings (SSSR count). The molecule has 0 radical (unpaired) electrons. The van der Waals surface area contributed by atoms with Crippen LogP contribution in [-0.4, -0.2) is 36.4 Å². The molecule has 0 spiro atoms. The lowest BCUT2D eigenvalue weighted by atomic mass is 10.1. The molecule has 0 aromatic heterocycles. The number of ether oxygens (including phenoxy) is 1. The first-order valence-electron chi connectivity index (χ1n) is 4.45. The molecule has 0 atom stereocenters. The van der Waals surface area contributed by atoms with Gasteiger partial charge in [0.05, 0.1) is 17.0 Å². The van der Waals surface area contributed by atoms with Gasteiger partial charge in [-0.15, -0.1) is 0 Å². The molecule has 0 N–H and O–H groups in total. The van der Waals surface area contributed by atoms with Crippen molar-refractivity contribution in [1.29, 1.82) is 0 Å². The van der Waals surface area contributed by atoms with E-state index in [0.717, 1.165) is 12.8 Å². The largest absolute Gasteiger partial charge is 0.490 e. The SMILES string of the molecule is CCCCC(=O)C(=[N+]=NC)C(=O)OC. The first-order valence-corrected chi connectivity index (χ1v) is 4.45. The van der Waals surface area contributed by atoms with Crippen molar-refractivity contribution in [2.75, 3.05) is 14.2 Å². The predicted molar refractivity (Wildman–Crippen MR) is 50.2 cm³/mol. The second-order valence-corrected chi connectivity index (χ2v) is 2.67. The quantitative estimate of drug-likeness (QED) is 0.214. The van der Waals surface area contributed by atoms with E-state index in [2.05, 4.69) is 14.6 Å². The molecule has 0 aliphatic carbocycles. The molecule has 5 heteroatoms. The Kier molecular flexibility index (Phi) is 6.24. The van der Waals surface area contributed by atoms with Gasteiger partial charge in [-0.1, -0.05) is 13.3 Å². The fourth-order valence-electron chi connectivity index (χ4n) is 0.863. The summed E-state index contributed by atoms with van der Waals surface area (Å²) in [7, 11) is 2.61. The number of unbranched alkanes of at least 4 members (excludes halogenated alkanes) is 1. The molecule has 0 bridgehead atoms. The van der Waals surface area contributed by atoms with Crippen LogP contribution in [0, 0.1) is 0 Å². The van der Waals surface area contributed by atoms with E-state index < -0.39 is 5.97 Å². The third-order valence-electron chi connectivity index (χ3n) is 1.60. The summed E-state index contributed by atoms with van der Waals surface area (Å²) in [6.45, 7) is 1.96. The summed E-state index contributed by atoms with van der Waals surface area (Å²) in [6.07, 6.45) is 1.93. The molecule has 0 aromatic carbocycles. The minimum absolute atomic E-state index is 0.219. The normalized spacial score (nSPS) is 8.79. The fourth-order valence-corrected chi connectivity index (χ4v) is 0.863. The first kappa shape index (κ1) is 12.5. The summed E-state index contributed by atoms with van der Waals surface area (Å²) in [6, 6.07) is 0. The zero-order valence-corrected chi connectivity index (χ0v) is 8.74. The number of hydrogen-bond donors (Lipinski definition) is 0. The van der Waals surface area contributed by atoms with E-state index in [1.807, 2.05) is 6.92 Å². The standard InChI is InChI=1S/C9H15N2O3/c1-4-5-6-7(12)8(11-10-2)9(13)14-3/h4-6H2,1-3H3/q+1. The average molecular weight is 199 g/mol. The molecule has 78 valence electrons. The number of esters is 1. The van der Waals surface area contributed by atoms with Crippen LogP contribution in [0.15, 0.2) is 5.11 Å². The molecule has 0 saturated carbocycles. The number of nitrogens with zero attached hydrogens (tertiary/aromatic N) is 2. The van der Waals surface area contributed by atoms with E-state index in [1.54, 1.807) is 0 Å². The van der Waals surface area contributed by atoms with Crippen molar-refractivity contribution in [3.05, 3.63) is 0 Å². The molecule has 0 aliphatic rings. The van der Waals surface area contributed by atoms with Crippen LogP contribution in [0.5, 0.6) is 0 Å². The molecule has 0 saturated heterocycles. The van der Waals surface area contributed by atoms with E-state index in [4.69, 9.17) is 0 Å². The summed E-state index contributed by atoms with van der Waals surface area (Å²) in [5, 5.41) is 3.40. The number of Topliss-reactive ketones (excluding diaryl/α,β-unsaturated/α-hetero) is 1. The third kappa shape index (κ3) is 3.96. The van der Waals surface area contributed by atoms with Crippen molar-refractivity contribution in [2.24, 2.45) is 5.11 Å². The van der Waals surface area contributed by atoms with E-state index in [-0.39, 0.29) is 11.5 Å². The van der Waals surface area contributed by atoms with E-state index in [9.17, 15) is 9.59 Å². The minimum atomic E-state index is -0.725. The van der Waals surface area contributed by atoms with Crippen molar-refractivity contribution < 1.29 is 19.1 Å². The molecular formula is C9H15N2O3+. The number of carbonyl (C=O) groups is 2. The van der Waals surface area contributed by atoms with Gasteiger partial charge in [0.2, 0.25) is 0 Å². The van der Waals surface area contributed by atoms with Crippen LogP contribution in [0.2, 0.25) is 0 Å². The number of ketones is 1. The monoisotopic (exact) mass is 199 g/mol. The second-order valence-electron chi connectivity index (χ2n) is 2.67. The highest BCUT2D eigenvalue weighted by atomic mass is 16.5. The molecule has 0 aliphatic heterocycles. The van der Waals surface area contributed by atoms with Crippen molar-refractivity contribution in [3.8, 4) is 0 Å². The summed E-state index contributed by atoms with van der Waals surface area (Å²) >= 11 is 0. The van der Waals surface area contributed by atoms with E-state index in [0.29, 0.717) is 6.42 Å². The summed E-state index contributed by atoms with van der Waals surface area (Å²) in [4.78, 5) is 25.9. The molecular weight excluding hydrogens is 184 g/mol. The lowest BCUT2D eigenvalue weighted by Crippen LogP contribution is -2.26. The van der Waals surface area contributed by atoms with Crippen molar-refractivity contribution in [1.82, 2.24) is 0 Å². The van der Waals surface area contributed by atoms with Crippen LogP contribution in [-0.2, 0) is 14.3 Å². The van der Waals surface area contributed by atoms with Gasteiger partial charge in [-0.2, -0.15) is 0 Å². The average Bonchev–Trinajstić information content (AvgIpc) is 2.21.